The SMILES string of the molecule is C#C.CCC.FC(F)(F)c1cc2c(NCc3cncnc3)ncnc2[nH]1. The molecule has 0 saturated carbocycles. The van der Waals surface area contributed by atoms with Crippen LogP contribution < -0.4 is 5.32 Å². The molecule has 2 N–H and O–H groups in total. The lowest BCUT2D eigenvalue weighted by Gasteiger charge is -2.05. The molecule has 0 saturated heterocycles. The van der Waals surface area contributed by atoms with Gasteiger partial charge in [0.2, 0.25) is 0 Å². The summed E-state index contributed by atoms with van der Waals surface area (Å²) < 4.78 is 38.1. The maximum atomic E-state index is 12.7. The lowest BCUT2D eigenvalue weighted by molar-refractivity contribution is -0.140. The van der Waals surface area contributed by atoms with Crippen LogP contribution in [0, 0.1) is 12.8 Å². The van der Waals surface area contributed by atoms with E-state index in [1.165, 1.54) is 19.1 Å². The first-order chi connectivity index (χ1) is 12.5. The van der Waals surface area contributed by atoms with Gasteiger partial charge in [-0.3, -0.25) is 0 Å². The summed E-state index contributed by atoms with van der Waals surface area (Å²) in [4.78, 5) is 17.7. The van der Waals surface area contributed by atoms with Gasteiger partial charge in [0.05, 0.1) is 5.39 Å². The van der Waals surface area contributed by atoms with E-state index in [0.717, 1.165) is 11.6 Å². The molecule has 9 heteroatoms. The van der Waals surface area contributed by atoms with E-state index in [-0.39, 0.29) is 11.0 Å². The van der Waals surface area contributed by atoms with Crippen LogP contribution in [0.3, 0.4) is 0 Å². The highest BCUT2D eigenvalue weighted by atomic mass is 19.4. The fraction of sp³-hybridized carbons (Fsp3) is 0.294. The predicted molar refractivity (Wildman–Crippen MR) is 94.1 cm³/mol. The van der Waals surface area contributed by atoms with Gasteiger partial charge in [-0.25, -0.2) is 19.9 Å². The van der Waals surface area contributed by atoms with E-state index in [2.05, 4.69) is 56.9 Å². The van der Waals surface area contributed by atoms with Crippen LogP contribution in [-0.4, -0.2) is 24.9 Å². The summed E-state index contributed by atoms with van der Waals surface area (Å²) in [6.45, 7) is 4.60. The molecule has 0 aliphatic carbocycles. The van der Waals surface area contributed by atoms with E-state index in [4.69, 9.17) is 0 Å². The lowest BCUT2D eigenvalue weighted by atomic mass is 10.3. The van der Waals surface area contributed by atoms with Crippen molar-refractivity contribution >= 4 is 16.9 Å². The molecular formula is C17H19F3N6. The van der Waals surface area contributed by atoms with Crippen LogP contribution in [0.5, 0.6) is 0 Å². The van der Waals surface area contributed by atoms with Crippen LogP contribution in [0.15, 0.2) is 31.1 Å². The molecular weight excluding hydrogens is 345 g/mol. The van der Waals surface area contributed by atoms with Gasteiger partial charge in [-0.15, -0.1) is 12.8 Å². The smallest absolute Gasteiger partial charge is 0.365 e. The molecule has 0 aliphatic rings. The molecule has 3 aromatic rings. The Hall–Kier alpha value is -3.15. The van der Waals surface area contributed by atoms with Crippen LogP contribution >= 0.6 is 0 Å². The van der Waals surface area contributed by atoms with Gasteiger partial charge in [0.1, 0.15) is 29.8 Å². The number of rotatable bonds is 3. The second-order valence-corrected chi connectivity index (χ2v) is 4.97. The predicted octanol–water partition coefficient (Wildman–Crippen LogP) is 4.04. The molecule has 0 atom stereocenters. The summed E-state index contributed by atoms with van der Waals surface area (Å²) in [5.74, 6) is 0.315. The third kappa shape index (κ3) is 5.73. The number of alkyl halides is 3. The standard InChI is InChI=1S/C12H9F3N6.C3H8.C2H2/c13-12(14,15)9-1-8-10(19-6-20-11(8)21-9)18-4-7-2-16-5-17-3-7;1-3-2;1-2/h1-3,5-6H,4H2,(H2,18,19,20,21);3H2,1-2H3;1-2H. The number of nitrogens with zero attached hydrogens (tertiary/aromatic N) is 4. The summed E-state index contributed by atoms with van der Waals surface area (Å²) in [6.07, 6.45) is 10.6. The molecule has 6 nitrogen and oxygen atoms in total. The van der Waals surface area contributed by atoms with Crippen molar-refractivity contribution in [1.29, 1.82) is 0 Å². The molecule has 3 heterocycles. The minimum atomic E-state index is -4.45. The van der Waals surface area contributed by atoms with Crippen molar-refractivity contribution in [2.75, 3.05) is 5.32 Å². The quantitative estimate of drug-likeness (QED) is 0.686. The molecule has 3 aromatic heterocycles. The number of hydrogen-bond acceptors (Lipinski definition) is 5. The van der Waals surface area contributed by atoms with Gasteiger partial charge in [0.25, 0.3) is 0 Å². The molecule has 0 unspecified atom stereocenters. The van der Waals surface area contributed by atoms with Crippen LogP contribution in [0.2, 0.25) is 0 Å². The van der Waals surface area contributed by atoms with Crippen molar-refractivity contribution in [3.8, 4) is 12.8 Å². The number of aromatic nitrogens is 5. The van der Waals surface area contributed by atoms with E-state index in [9.17, 15) is 13.2 Å². The zero-order valence-corrected chi connectivity index (χ0v) is 14.4. The fourth-order valence-electron chi connectivity index (χ4n) is 1.84. The van der Waals surface area contributed by atoms with Crippen molar-refractivity contribution < 1.29 is 13.2 Å². The largest absolute Gasteiger partial charge is 0.431 e. The Bertz CT molecular complexity index is 811. The third-order valence-corrected chi connectivity index (χ3v) is 2.81. The second kappa shape index (κ2) is 9.98. The number of aromatic amines is 1. The monoisotopic (exact) mass is 364 g/mol. The molecule has 0 aliphatic heterocycles. The summed E-state index contributed by atoms with van der Waals surface area (Å²) in [5, 5.41) is 3.23. The Morgan fingerprint density at radius 2 is 1.69 bits per heavy atom. The van der Waals surface area contributed by atoms with E-state index in [0.29, 0.717) is 12.4 Å². The highest BCUT2D eigenvalue weighted by Crippen LogP contribution is 2.32. The van der Waals surface area contributed by atoms with Crippen LogP contribution in [0.1, 0.15) is 31.5 Å². The lowest BCUT2D eigenvalue weighted by Crippen LogP contribution is -2.04. The molecule has 0 aromatic carbocycles. The average Bonchev–Trinajstić information content (AvgIpc) is 3.08. The molecule has 3 rings (SSSR count). The number of H-pyrrole nitrogens is 1. The average molecular weight is 364 g/mol. The minimum absolute atomic E-state index is 0.129. The Balaban J connectivity index is 0.000000615. The highest BCUT2D eigenvalue weighted by Gasteiger charge is 2.33. The van der Waals surface area contributed by atoms with Gasteiger partial charge < -0.3 is 10.3 Å². The molecule has 138 valence electrons. The molecule has 0 fully saturated rings. The topological polar surface area (TPSA) is 79.4 Å². The second-order valence-electron chi connectivity index (χ2n) is 4.97. The zero-order valence-electron chi connectivity index (χ0n) is 14.4. The summed E-state index contributed by atoms with van der Waals surface area (Å²) in [5.41, 5.74) is 0.0593. The normalized spacial score (nSPS) is 10.3. The van der Waals surface area contributed by atoms with E-state index in [1.54, 1.807) is 12.4 Å². The first-order valence-corrected chi connectivity index (χ1v) is 7.67. The first kappa shape index (κ1) is 20.9. The van der Waals surface area contributed by atoms with Crippen LogP contribution in [0.25, 0.3) is 11.0 Å². The number of nitrogens with one attached hydrogen (secondary N) is 2. The Morgan fingerprint density at radius 3 is 2.27 bits per heavy atom. The van der Waals surface area contributed by atoms with E-state index in [1.807, 2.05) is 0 Å². The fourth-order valence-corrected chi connectivity index (χ4v) is 1.84. The highest BCUT2D eigenvalue weighted by molar-refractivity contribution is 5.87. The van der Waals surface area contributed by atoms with Gasteiger partial charge >= 0.3 is 6.18 Å². The molecule has 0 spiro atoms. The van der Waals surface area contributed by atoms with E-state index < -0.39 is 11.9 Å². The summed E-state index contributed by atoms with van der Waals surface area (Å²) >= 11 is 0. The number of anilines is 1. The van der Waals surface area contributed by atoms with Gasteiger partial charge in [0.15, 0.2) is 0 Å². The Morgan fingerprint density at radius 1 is 1.08 bits per heavy atom. The van der Waals surface area contributed by atoms with Crippen molar-refractivity contribution in [3.63, 3.8) is 0 Å². The van der Waals surface area contributed by atoms with Crippen molar-refractivity contribution in [3.05, 3.63) is 42.4 Å². The molecule has 26 heavy (non-hydrogen) atoms. The first-order valence-electron chi connectivity index (χ1n) is 7.67. The number of halogens is 3. The maximum absolute atomic E-state index is 12.7. The van der Waals surface area contributed by atoms with Crippen molar-refractivity contribution in [2.24, 2.45) is 0 Å². The van der Waals surface area contributed by atoms with Gasteiger partial charge in [-0.1, -0.05) is 20.3 Å². The van der Waals surface area contributed by atoms with E-state index >= 15 is 0 Å². The summed E-state index contributed by atoms with van der Waals surface area (Å²) in [7, 11) is 0. The Labute approximate surface area is 149 Å². The Kier molecular flexibility index (Phi) is 8.02. The summed E-state index contributed by atoms with van der Waals surface area (Å²) in [6, 6.07) is 0.985. The minimum Gasteiger partial charge on any atom is -0.365 e. The number of fused-ring (bicyclic) bond motifs is 1. The third-order valence-electron chi connectivity index (χ3n) is 2.81. The van der Waals surface area contributed by atoms with Gasteiger partial charge in [0, 0.05) is 24.5 Å². The molecule has 0 radical (unpaired) electrons. The number of terminal acetylenes is 1. The van der Waals surface area contributed by atoms with Crippen molar-refractivity contribution in [2.45, 2.75) is 33.0 Å². The molecule has 0 amide bonds. The van der Waals surface area contributed by atoms with Gasteiger partial charge in [-0.05, 0) is 6.07 Å². The zero-order chi connectivity index (χ0) is 19.6. The van der Waals surface area contributed by atoms with Crippen LogP contribution in [-0.2, 0) is 12.7 Å². The van der Waals surface area contributed by atoms with Crippen molar-refractivity contribution in [1.82, 2.24) is 24.9 Å². The number of hydrogen-bond donors (Lipinski definition) is 2. The van der Waals surface area contributed by atoms with Gasteiger partial charge in [-0.2, -0.15) is 13.2 Å². The maximum Gasteiger partial charge on any atom is 0.431 e. The molecule has 0 bridgehead atoms. The van der Waals surface area contributed by atoms with Crippen LogP contribution in [0.4, 0.5) is 19.0 Å².